The minimum Gasteiger partial charge on any atom is -0.478 e. The van der Waals surface area contributed by atoms with Crippen molar-refractivity contribution in [2.45, 2.75) is 0 Å². The second-order valence-corrected chi connectivity index (χ2v) is 4.46. The van der Waals surface area contributed by atoms with Gasteiger partial charge in [0, 0.05) is 26.2 Å². The van der Waals surface area contributed by atoms with Crippen LogP contribution in [-0.4, -0.2) is 47.4 Å². The Labute approximate surface area is 119 Å². The van der Waals surface area contributed by atoms with Crippen LogP contribution in [0.4, 0.5) is 11.4 Å². The van der Waals surface area contributed by atoms with Gasteiger partial charge in [0.25, 0.3) is 5.69 Å². The van der Waals surface area contributed by atoms with Crippen molar-refractivity contribution in [3.05, 3.63) is 32.8 Å². The quantitative estimate of drug-likeness (QED) is 0.628. The van der Waals surface area contributed by atoms with Gasteiger partial charge in [-0.05, 0) is 0 Å². The summed E-state index contributed by atoms with van der Waals surface area (Å²) >= 11 is 5.83. The molecule has 20 heavy (non-hydrogen) atoms. The zero-order valence-electron chi connectivity index (χ0n) is 10.7. The maximum Gasteiger partial charge on any atom is 0.338 e. The largest absolute Gasteiger partial charge is 0.478 e. The van der Waals surface area contributed by atoms with Crippen LogP contribution in [0.2, 0.25) is 5.02 Å². The summed E-state index contributed by atoms with van der Waals surface area (Å²) in [6.07, 6.45) is 0. The molecule has 1 aromatic carbocycles. The van der Waals surface area contributed by atoms with Crippen molar-refractivity contribution in [3.8, 4) is 0 Å². The van der Waals surface area contributed by atoms with Crippen LogP contribution in [0, 0.1) is 10.1 Å². The van der Waals surface area contributed by atoms with E-state index >= 15 is 0 Å². The Morgan fingerprint density at radius 2 is 2.05 bits per heavy atom. The monoisotopic (exact) mass is 301 g/mol. The normalized spacial score (nSPS) is 9.95. The molecule has 0 aliphatic heterocycles. The summed E-state index contributed by atoms with van der Waals surface area (Å²) in [5, 5.41) is 22.2. The number of aromatic carboxylic acids is 1. The van der Waals surface area contributed by atoms with Gasteiger partial charge in [-0.1, -0.05) is 11.6 Å². The number of benzene rings is 1. The summed E-state index contributed by atoms with van der Waals surface area (Å²) in [7, 11) is 3.08. The number of halogens is 1. The van der Waals surface area contributed by atoms with Crippen LogP contribution >= 0.6 is 11.6 Å². The van der Waals surface area contributed by atoms with Gasteiger partial charge in [0.15, 0.2) is 0 Å². The van der Waals surface area contributed by atoms with Crippen molar-refractivity contribution in [1.29, 1.82) is 0 Å². The molecule has 0 spiro atoms. The smallest absolute Gasteiger partial charge is 0.338 e. The van der Waals surface area contributed by atoms with Crippen LogP contribution in [0.25, 0.3) is 0 Å². The molecule has 0 atom stereocenters. The Balaban J connectivity index is 3.15. The van der Waals surface area contributed by atoms with Gasteiger partial charge < -0.3 is 15.3 Å². The van der Waals surface area contributed by atoms with Gasteiger partial charge in [-0.25, -0.2) is 4.79 Å². The van der Waals surface area contributed by atoms with Gasteiger partial charge in [0.1, 0.15) is 0 Å². The molecule has 9 heteroatoms. The predicted octanol–water partition coefficient (Wildman–Crippen LogP) is 1.45. The van der Waals surface area contributed by atoms with Crippen LogP contribution < -0.4 is 5.32 Å². The number of nitro groups is 1. The number of nitrogens with zero attached hydrogens (tertiary/aromatic N) is 2. The van der Waals surface area contributed by atoms with E-state index in [2.05, 4.69) is 5.32 Å². The van der Waals surface area contributed by atoms with E-state index in [0.717, 1.165) is 12.1 Å². The molecule has 0 bridgehead atoms. The number of carboxylic acids is 1. The first-order valence-corrected chi connectivity index (χ1v) is 5.77. The molecule has 1 aromatic rings. The number of hydrogen-bond acceptors (Lipinski definition) is 5. The lowest BCUT2D eigenvalue weighted by atomic mass is 10.1. The van der Waals surface area contributed by atoms with Crippen LogP contribution in [-0.2, 0) is 4.79 Å². The number of carbonyl (C=O) groups excluding carboxylic acids is 1. The van der Waals surface area contributed by atoms with E-state index in [9.17, 15) is 19.7 Å². The summed E-state index contributed by atoms with van der Waals surface area (Å²) in [5.74, 6) is -1.67. The summed E-state index contributed by atoms with van der Waals surface area (Å²) in [6, 6.07) is 1.91. The maximum atomic E-state index is 11.4. The Kier molecular flexibility index (Phi) is 4.87. The number of anilines is 1. The lowest BCUT2D eigenvalue weighted by Crippen LogP contribution is -2.29. The van der Waals surface area contributed by atoms with Crippen molar-refractivity contribution in [3.63, 3.8) is 0 Å². The SMILES string of the molecule is CN(C)C(=O)CNc1c(Cl)cc([N+](=O)[O-])cc1C(=O)O. The summed E-state index contributed by atoms with van der Waals surface area (Å²) < 4.78 is 0. The number of carboxylic acid groups (broad SMARTS) is 1. The minimum absolute atomic E-state index is 0.0278. The number of nitro benzene ring substituents is 1. The average molecular weight is 302 g/mol. The number of hydrogen-bond donors (Lipinski definition) is 2. The molecule has 0 aromatic heterocycles. The molecule has 0 saturated heterocycles. The van der Waals surface area contributed by atoms with E-state index in [1.807, 2.05) is 0 Å². The fraction of sp³-hybridized carbons (Fsp3) is 0.273. The second-order valence-electron chi connectivity index (χ2n) is 4.05. The number of rotatable bonds is 5. The van der Waals surface area contributed by atoms with Gasteiger partial charge in [-0.2, -0.15) is 0 Å². The number of carbonyl (C=O) groups is 2. The Morgan fingerprint density at radius 3 is 2.50 bits per heavy atom. The molecule has 0 unspecified atom stereocenters. The number of likely N-dealkylation sites (N-methyl/N-ethyl adjacent to an activating group) is 1. The average Bonchev–Trinajstić information content (AvgIpc) is 2.35. The summed E-state index contributed by atoms with van der Waals surface area (Å²) in [4.78, 5) is 33.8. The highest BCUT2D eigenvalue weighted by Gasteiger charge is 2.20. The Bertz CT molecular complexity index is 573. The highest BCUT2D eigenvalue weighted by Crippen LogP contribution is 2.31. The van der Waals surface area contributed by atoms with E-state index < -0.39 is 16.6 Å². The van der Waals surface area contributed by atoms with Crippen LogP contribution in [0.1, 0.15) is 10.4 Å². The Morgan fingerprint density at radius 1 is 1.45 bits per heavy atom. The van der Waals surface area contributed by atoms with Gasteiger partial charge in [-0.15, -0.1) is 0 Å². The van der Waals surface area contributed by atoms with Gasteiger partial charge >= 0.3 is 5.97 Å². The van der Waals surface area contributed by atoms with Crippen LogP contribution in [0.15, 0.2) is 12.1 Å². The lowest BCUT2D eigenvalue weighted by Gasteiger charge is -2.14. The molecule has 108 valence electrons. The minimum atomic E-state index is -1.38. The van der Waals surface area contributed by atoms with Crippen molar-refractivity contribution < 1.29 is 19.6 Å². The van der Waals surface area contributed by atoms with E-state index in [0.29, 0.717) is 0 Å². The molecule has 0 aliphatic rings. The number of nitrogens with one attached hydrogen (secondary N) is 1. The lowest BCUT2D eigenvalue weighted by molar-refractivity contribution is -0.384. The van der Waals surface area contributed by atoms with E-state index in [1.54, 1.807) is 14.1 Å². The zero-order valence-corrected chi connectivity index (χ0v) is 11.5. The molecule has 0 fully saturated rings. The van der Waals surface area contributed by atoms with Crippen molar-refractivity contribution in [1.82, 2.24) is 4.90 Å². The molecular formula is C11H12ClN3O5. The Hall–Kier alpha value is -2.35. The maximum absolute atomic E-state index is 11.4. The van der Waals surface area contributed by atoms with Gasteiger partial charge in [0.2, 0.25) is 5.91 Å². The molecule has 0 aliphatic carbocycles. The molecule has 1 amide bonds. The van der Waals surface area contributed by atoms with Crippen LogP contribution in [0.3, 0.4) is 0 Å². The van der Waals surface area contributed by atoms with Crippen molar-refractivity contribution in [2.75, 3.05) is 26.0 Å². The second kappa shape index (κ2) is 6.20. The van der Waals surface area contributed by atoms with Crippen LogP contribution in [0.5, 0.6) is 0 Å². The van der Waals surface area contributed by atoms with Gasteiger partial charge in [-0.3, -0.25) is 14.9 Å². The van der Waals surface area contributed by atoms with E-state index in [-0.39, 0.29) is 28.7 Å². The molecule has 1 rings (SSSR count). The third-order valence-corrected chi connectivity index (χ3v) is 2.73. The molecule has 0 heterocycles. The third kappa shape index (κ3) is 3.58. The molecular weight excluding hydrogens is 290 g/mol. The number of non-ortho nitro benzene ring substituents is 1. The fourth-order valence-electron chi connectivity index (χ4n) is 1.37. The highest BCUT2D eigenvalue weighted by atomic mass is 35.5. The first-order chi connectivity index (χ1) is 9.23. The fourth-order valence-corrected chi connectivity index (χ4v) is 1.65. The highest BCUT2D eigenvalue weighted by molar-refractivity contribution is 6.34. The van der Waals surface area contributed by atoms with Crippen molar-refractivity contribution in [2.24, 2.45) is 0 Å². The van der Waals surface area contributed by atoms with Crippen molar-refractivity contribution >= 4 is 34.9 Å². The van der Waals surface area contributed by atoms with E-state index in [1.165, 1.54) is 4.90 Å². The van der Waals surface area contributed by atoms with Gasteiger partial charge in [0.05, 0.1) is 27.7 Å². The first-order valence-electron chi connectivity index (χ1n) is 5.39. The molecule has 0 radical (unpaired) electrons. The standard InChI is InChI=1S/C11H12ClN3O5/c1-14(2)9(16)5-13-10-7(11(17)18)3-6(15(19)20)4-8(10)12/h3-4,13H,5H2,1-2H3,(H,17,18). The summed E-state index contributed by atoms with van der Waals surface area (Å²) in [6.45, 7) is -0.176. The van der Waals surface area contributed by atoms with E-state index in [4.69, 9.17) is 16.7 Å². The predicted molar refractivity (Wildman–Crippen MR) is 72.2 cm³/mol. The third-order valence-electron chi connectivity index (χ3n) is 2.43. The number of amides is 1. The first kappa shape index (κ1) is 15.7. The summed E-state index contributed by atoms with van der Waals surface area (Å²) in [5.41, 5.74) is -0.826. The zero-order chi connectivity index (χ0) is 15.4. The molecule has 8 nitrogen and oxygen atoms in total. The topological polar surface area (TPSA) is 113 Å². The molecule has 2 N–H and O–H groups in total. The molecule has 0 saturated carbocycles.